The predicted molar refractivity (Wildman–Crippen MR) is 83.0 cm³/mol. The lowest BCUT2D eigenvalue weighted by Gasteiger charge is -2.33. The molecule has 2 rings (SSSR count). The van der Waals surface area contributed by atoms with Gasteiger partial charge < -0.3 is 20.1 Å². The van der Waals surface area contributed by atoms with Crippen LogP contribution in [0.4, 0.5) is 10.5 Å². The Hall–Kier alpha value is -1.46. The van der Waals surface area contributed by atoms with Gasteiger partial charge in [0.1, 0.15) is 5.75 Å². The highest BCUT2D eigenvalue weighted by atomic mass is 35.5. The van der Waals surface area contributed by atoms with E-state index in [0.717, 1.165) is 12.8 Å². The van der Waals surface area contributed by atoms with Gasteiger partial charge in [0.05, 0.1) is 24.4 Å². The van der Waals surface area contributed by atoms with Gasteiger partial charge in [-0.1, -0.05) is 11.6 Å². The lowest BCUT2D eigenvalue weighted by molar-refractivity contribution is 0.0117. The lowest BCUT2D eigenvalue weighted by Crippen LogP contribution is -2.49. The first-order valence-corrected chi connectivity index (χ1v) is 7.34. The van der Waals surface area contributed by atoms with Crippen LogP contribution in [0.5, 0.6) is 5.75 Å². The van der Waals surface area contributed by atoms with Gasteiger partial charge >= 0.3 is 6.03 Å². The van der Waals surface area contributed by atoms with E-state index in [1.165, 1.54) is 7.11 Å². The van der Waals surface area contributed by atoms with Gasteiger partial charge in [0.2, 0.25) is 0 Å². The highest BCUT2D eigenvalue weighted by Crippen LogP contribution is 2.30. The molecule has 1 aromatic carbocycles. The number of urea groups is 1. The summed E-state index contributed by atoms with van der Waals surface area (Å²) in [6.07, 6.45) is 1.68. The predicted octanol–water partition coefficient (Wildman–Crippen LogP) is 3.12. The first-order valence-electron chi connectivity index (χ1n) is 6.96. The Morgan fingerprint density at radius 3 is 2.86 bits per heavy atom. The summed E-state index contributed by atoms with van der Waals surface area (Å²) in [5.41, 5.74) is -0.400. The number of amides is 2. The maximum Gasteiger partial charge on any atom is 0.322 e. The van der Waals surface area contributed by atoms with Crippen molar-refractivity contribution in [2.45, 2.75) is 38.3 Å². The molecule has 5 nitrogen and oxygen atoms in total. The summed E-state index contributed by atoms with van der Waals surface area (Å²) in [4.78, 5) is 14.1. The van der Waals surface area contributed by atoms with Crippen molar-refractivity contribution in [1.82, 2.24) is 4.90 Å². The fourth-order valence-corrected chi connectivity index (χ4v) is 2.88. The Kier molecular flexibility index (Phi) is 4.64. The molecular formula is C15H21ClN2O3. The third kappa shape index (κ3) is 3.60. The first-order chi connectivity index (χ1) is 9.82. The van der Waals surface area contributed by atoms with Crippen LogP contribution < -0.4 is 10.1 Å². The number of carbonyl (C=O) groups is 1. The topological polar surface area (TPSA) is 61.8 Å². The molecule has 0 aromatic heterocycles. The Labute approximate surface area is 129 Å². The lowest BCUT2D eigenvalue weighted by atomic mass is 9.97. The van der Waals surface area contributed by atoms with Crippen LogP contribution in [-0.4, -0.2) is 41.3 Å². The molecule has 2 amide bonds. The molecule has 116 valence electrons. The van der Waals surface area contributed by atoms with E-state index in [0.29, 0.717) is 23.0 Å². The number of halogens is 1. The number of carbonyl (C=O) groups excluding carboxylic acids is 1. The number of nitrogens with one attached hydrogen (secondary N) is 1. The number of hydrogen-bond donors (Lipinski definition) is 2. The molecule has 21 heavy (non-hydrogen) atoms. The van der Waals surface area contributed by atoms with Crippen molar-refractivity contribution in [1.29, 1.82) is 0 Å². The Morgan fingerprint density at radius 2 is 2.24 bits per heavy atom. The van der Waals surface area contributed by atoms with Crippen LogP contribution in [0.15, 0.2) is 18.2 Å². The minimum absolute atomic E-state index is 0.192. The molecule has 1 fully saturated rings. The molecule has 1 aliphatic rings. The van der Waals surface area contributed by atoms with E-state index in [-0.39, 0.29) is 12.1 Å². The number of anilines is 1. The molecular weight excluding hydrogens is 292 g/mol. The molecule has 2 N–H and O–H groups in total. The van der Waals surface area contributed by atoms with Gasteiger partial charge in [0.25, 0.3) is 0 Å². The van der Waals surface area contributed by atoms with Crippen LogP contribution in [0.1, 0.15) is 26.7 Å². The van der Waals surface area contributed by atoms with Crippen LogP contribution >= 0.6 is 11.6 Å². The maximum atomic E-state index is 12.5. The van der Waals surface area contributed by atoms with E-state index >= 15 is 0 Å². The van der Waals surface area contributed by atoms with Crippen molar-refractivity contribution in [3.63, 3.8) is 0 Å². The van der Waals surface area contributed by atoms with E-state index in [1.54, 1.807) is 36.9 Å². The highest BCUT2D eigenvalue weighted by Gasteiger charge is 2.38. The van der Waals surface area contributed by atoms with Gasteiger partial charge in [0.15, 0.2) is 0 Å². The molecule has 1 atom stereocenters. The zero-order valence-corrected chi connectivity index (χ0v) is 13.3. The standard InChI is InChI=1S/C15H21ClN2O3/c1-15(2,20)13-5-4-8-18(13)14(19)17-11-9-10(16)6-7-12(11)21-3/h6-7,9,13,20H,4-5,8H2,1-3H3,(H,17,19). The Morgan fingerprint density at radius 1 is 1.52 bits per heavy atom. The fourth-order valence-electron chi connectivity index (χ4n) is 2.71. The Bertz CT molecular complexity index is 528. The number of rotatable bonds is 3. The minimum Gasteiger partial charge on any atom is -0.495 e. The van der Waals surface area contributed by atoms with Crippen LogP contribution in [0.2, 0.25) is 5.02 Å². The zero-order valence-electron chi connectivity index (χ0n) is 12.5. The largest absolute Gasteiger partial charge is 0.495 e. The van der Waals surface area contributed by atoms with E-state index < -0.39 is 5.60 Å². The van der Waals surface area contributed by atoms with Crippen LogP contribution in [-0.2, 0) is 0 Å². The Balaban J connectivity index is 2.16. The van der Waals surface area contributed by atoms with Crippen molar-refractivity contribution in [3.8, 4) is 5.75 Å². The molecule has 1 heterocycles. The van der Waals surface area contributed by atoms with Gasteiger partial charge in [-0.2, -0.15) is 0 Å². The van der Waals surface area contributed by atoms with Crippen LogP contribution in [0, 0.1) is 0 Å². The molecule has 6 heteroatoms. The third-order valence-electron chi connectivity index (χ3n) is 3.73. The minimum atomic E-state index is -0.924. The van der Waals surface area contributed by atoms with E-state index in [4.69, 9.17) is 16.3 Å². The first kappa shape index (κ1) is 15.9. The summed E-state index contributed by atoms with van der Waals surface area (Å²) in [6.45, 7) is 4.08. The summed E-state index contributed by atoms with van der Waals surface area (Å²) < 4.78 is 5.22. The summed E-state index contributed by atoms with van der Waals surface area (Å²) in [7, 11) is 1.54. The number of likely N-dealkylation sites (tertiary alicyclic amines) is 1. The van der Waals surface area contributed by atoms with Gasteiger partial charge in [-0.3, -0.25) is 0 Å². The summed E-state index contributed by atoms with van der Waals surface area (Å²) in [5.74, 6) is 0.548. The van der Waals surface area contributed by atoms with E-state index in [1.807, 2.05) is 0 Å². The number of methoxy groups -OCH3 is 1. The highest BCUT2D eigenvalue weighted by molar-refractivity contribution is 6.31. The maximum absolute atomic E-state index is 12.5. The van der Waals surface area contributed by atoms with Gasteiger partial charge in [-0.05, 0) is 44.9 Å². The molecule has 0 saturated carbocycles. The fraction of sp³-hybridized carbons (Fsp3) is 0.533. The second-order valence-corrected chi connectivity index (χ2v) is 6.22. The van der Waals surface area contributed by atoms with E-state index in [2.05, 4.69) is 5.32 Å². The molecule has 1 aliphatic heterocycles. The summed E-state index contributed by atoms with van der Waals surface area (Å²) in [5, 5.41) is 13.5. The van der Waals surface area contributed by atoms with Crippen molar-refractivity contribution in [3.05, 3.63) is 23.2 Å². The molecule has 1 saturated heterocycles. The monoisotopic (exact) mass is 312 g/mol. The summed E-state index contributed by atoms with van der Waals surface area (Å²) in [6, 6.07) is 4.61. The number of nitrogens with zero attached hydrogens (tertiary/aromatic N) is 1. The third-order valence-corrected chi connectivity index (χ3v) is 3.97. The molecule has 0 spiro atoms. The smallest absolute Gasteiger partial charge is 0.322 e. The van der Waals surface area contributed by atoms with Crippen molar-refractivity contribution < 1.29 is 14.6 Å². The van der Waals surface area contributed by atoms with Crippen LogP contribution in [0.25, 0.3) is 0 Å². The van der Waals surface area contributed by atoms with Gasteiger partial charge in [-0.25, -0.2) is 4.79 Å². The molecule has 1 unspecified atom stereocenters. The number of ether oxygens (including phenoxy) is 1. The number of aliphatic hydroxyl groups is 1. The second-order valence-electron chi connectivity index (χ2n) is 5.78. The zero-order chi connectivity index (χ0) is 15.6. The molecule has 0 aliphatic carbocycles. The summed E-state index contributed by atoms with van der Waals surface area (Å²) >= 11 is 5.96. The quantitative estimate of drug-likeness (QED) is 0.901. The average molecular weight is 313 g/mol. The second kappa shape index (κ2) is 6.12. The SMILES string of the molecule is COc1ccc(Cl)cc1NC(=O)N1CCCC1C(C)(C)O. The molecule has 0 radical (unpaired) electrons. The van der Waals surface area contributed by atoms with Crippen molar-refractivity contribution in [2.24, 2.45) is 0 Å². The normalized spacial score (nSPS) is 18.7. The average Bonchev–Trinajstić information content (AvgIpc) is 2.88. The molecule has 1 aromatic rings. The van der Waals surface area contributed by atoms with E-state index in [9.17, 15) is 9.90 Å². The van der Waals surface area contributed by atoms with Crippen molar-refractivity contribution >= 4 is 23.3 Å². The van der Waals surface area contributed by atoms with Gasteiger partial charge in [-0.15, -0.1) is 0 Å². The van der Waals surface area contributed by atoms with Crippen LogP contribution in [0.3, 0.4) is 0 Å². The number of hydrogen-bond acceptors (Lipinski definition) is 3. The van der Waals surface area contributed by atoms with Crippen molar-refractivity contribution in [2.75, 3.05) is 19.0 Å². The number of benzene rings is 1. The van der Waals surface area contributed by atoms with Gasteiger partial charge in [0, 0.05) is 11.6 Å². The molecule has 0 bridgehead atoms.